The van der Waals surface area contributed by atoms with Gasteiger partial charge in [-0.1, -0.05) is 45.4 Å². The molecule has 1 aliphatic rings. The van der Waals surface area contributed by atoms with E-state index in [1.54, 1.807) is 38.1 Å². The van der Waals surface area contributed by atoms with Crippen LogP contribution >= 0.6 is 0 Å². The average Bonchev–Trinajstić information content (AvgIpc) is 3.46. The van der Waals surface area contributed by atoms with Crippen molar-refractivity contribution in [3.05, 3.63) is 42.5 Å². The maximum Gasteiger partial charge on any atom is 0.315 e. The smallest absolute Gasteiger partial charge is 0.315 e. The van der Waals surface area contributed by atoms with Crippen LogP contribution in [0.1, 0.15) is 56.8 Å². The van der Waals surface area contributed by atoms with Gasteiger partial charge in [-0.2, -0.15) is 0 Å². The Morgan fingerprint density at radius 1 is 1.10 bits per heavy atom. The lowest BCUT2D eigenvalue weighted by atomic mass is 9.94. The zero-order valence-electron chi connectivity index (χ0n) is 24.2. The quantitative estimate of drug-likeness (QED) is 0.140. The Morgan fingerprint density at radius 2 is 1.80 bits per heavy atom. The number of ether oxygens (including phenoxy) is 1. The molecule has 5 amide bonds. The molecule has 1 heterocycles. The fourth-order valence-corrected chi connectivity index (χ4v) is 4.57. The molecular formula is C29H41N5O7. The molecule has 41 heavy (non-hydrogen) atoms. The minimum Gasteiger partial charge on any atom is -0.496 e. The molecule has 0 bridgehead atoms. The lowest BCUT2D eigenvalue weighted by Gasteiger charge is -2.26. The SMILES string of the molecule is C=CCNC(=O)C(=O)C(CCC)NC(=O)[C@@H]1CCCN1C(=O)CNC(=O)NC(C(=O)c1ccccc1OC)C(C)C. The molecule has 4 N–H and O–H groups in total. The summed E-state index contributed by atoms with van der Waals surface area (Å²) in [7, 11) is 1.46. The summed E-state index contributed by atoms with van der Waals surface area (Å²) in [6, 6.07) is 3.27. The number of nitrogens with one attached hydrogen (secondary N) is 4. The number of hydrogen-bond donors (Lipinski definition) is 4. The van der Waals surface area contributed by atoms with Crippen LogP contribution in [-0.4, -0.2) is 85.1 Å². The van der Waals surface area contributed by atoms with Gasteiger partial charge in [0.15, 0.2) is 5.78 Å². The molecule has 0 spiro atoms. The summed E-state index contributed by atoms with van der Waals surface area (Å²) in [5.74, 6) is -2.80. The van der Waals surface area contributed by atoms with Crippen molar-refractivity contribution < 1.29 is 33.5 Å². The van der Waals surface area contributed by atoms with Gasteiger partial charge in [-0.25, -0.2) is 4.79 Å². The fourth-order valence-electron chi connectivity index (χ4n) is 4.57. The number of para-hydroxylation sites is 1. The van der Waals surface area contributed by atoms with Crippen LogP contribution in [0.3, 0.4) is 0 Å². The van der Waals surface area contributed by atoms with Crippen LogP contribution in [0.4, 0.5) is 4.79 Å². The van der Waals surface area contributed by atoms with Crippen molar-refractivity contribution in [1.29, 1.82) is 0 Å². The number of urea groups is 1. The van der Waals surface area contributed by atoms with E-state index in [0.717, 1.165) is 0 Å². The molecule has 1 aliphatic heterocycles. The molecule has 0 aliphatic carbocycles. The first-order valence-corrected chi connectivity index (χ1v) is 13.8. The second-order valence-electron chi connectivity index (χ2n) is 10.1. The van der Waals surface area contributed by atoms with Gasteiger partial charge in [-0.05, 0) is 37.3 Å². The van der Waals surface area contributed by atoms with Crippen LogP contribution < -0.4 is 26.0 Å². The second kappa shape index (κ2) is 16.1. The minimum atomic E-state index is -1.02. The number of rotatable bonds is 15. The standard InChI is InChI=1S/C29H41N5O7/c1-6-11-20(26(37)28(39)30-15-7-2)32-27(38)21-13-10-16-34(21)23(35)17-31-29(40)33-24(18(3)4)25(36)19-12-8-9-14-22(19)41-5/h7-9,12,14,18,20-21,24H,2,6,10-11,13,15-17H2,1,3-5H3,(H,30,39)(H,32,38)(H2,31,33,40)/t20?,21-,24?/m0/s1. The highest BCUT2D eigenvalue weighted by Gasteiger charge is 2.36. The largest absolute Gasteiger partial charge is 0.496 e. The van der Waals surface area contributed by atoms with Gasteiger partial charge in [0.2, 0.25) is 17.6 Å². The van der Waals surface area contributed by atoms with Crippen molar-refractivity contribution in [3.8, 4) is 5.75 Å². The molecular weight excluding hydrogens is 530 g/mol. The van der Waals surface area contributed by atoms with E-state index >= 15 is 0 Å². The molecule has 1 aromatic carbocycles. The predicted octanol–water partition coefficient (Wildman–Crippen LogP) is 1.35. The molecule has 0 saturated carbocycles. The number of carbonyl (C=O) groups excluding carboxylic acids is 6. The molecule has 224 valence electrons. The first-order valence-electron chi connectivity index (χ1n) is 13.8. The van der Waals surface area contributed by atoms with Gasteiger partial charge >= 0.3 is 6.03 Å². The van der Waals surface area contributed by atoms with E-state index in [9.17, 15) is 28.8 Å². The van der Waals surface area contributed by atoms with Gasteiger partial charge in [0, 0.05) is 13.1 Å². The Kier molecular flexibility index (Phi) is 13.0. The summed E-state index contributed by atoms with van der Waals surface area (Å²) in [5.41, 5.74) is 0.328. The number of benzene rings is 1. The Balaban J connectivity index is 1.99. The molecule has 1 fully saturated rings. The minimum absolute atomic E-state index is 0.120. The van der Waals surface area contributed by atoms with Gasteiger partial charge in [0.05, 0.1) is 31.3 Å². The molecule has 1 aromatic rings. The van der Waals surface area contributed by atoms with Crippen molar-refractivity contribution in [2.45, 2.75) is 64.6 Å². The van der Waals surface area contributed by atoms with Crippen molar-refractivity contribution in [1.82, 2.24) is 26.2 Å². The van der Waals surface area contributed by atoms with E-state index in [1.807, 2.05) is 6.92 Å². The predicted molar refractivity (Wildman–Crippen MR) is 152 cm³/mol. The third kappa shape index (κ3) is 9.16. The molecule has 0 aromatic heterocycles. The van der Waals surface area contributed by atoms with Crippen LogP contribution in [0.5, 0.6) is 5.75 Å². The normalized spacial score (nSPS) is 15.8. The van der Waals surface area contributed by atoms with Gasteiger partial charge in [-0.3, -0.25) is 24.0 Å². The maximum atomic E-state index is 13.1. The van der Waals surface area contributed by atoms with Crippen LogP contribution in [0.25, 0.3) is 0 Å². The van der Waals surface area contributed by atoms with Crippen LogP contribution in [0.2, 0.25) is 0 Å². The highest BCUT2D eigenvalue weighted by Crippen LogP contribution is 2.21. The van der Waals surface area contributed by atoms with E-state index in [0.29, 0.717) is 37.1 Å². The van der Waals surface area contributed by atoms with Crippen molar-refractivity contribution in [2.24, 2.45) is 5.92 Å². The Labute approximate surface area is 240 Å². The molecule has 2 unspecified atom stereocenters. The number of ketones is 2. The van der Waals surface area contributed by atoms with E-state index in [4.69, 9.17) is 4.74 Å². The third-order valence-corrected chi connectivity index (χ3v) is 6.73. The summed E-state index contributed by atoms with van der Waals surface area (Å²) in [5, 5.41) is 10.2. The number of amides is 5. The number of likely N-dealkylation sites (tertiary alicyclic amines) is 1. The molecule has 0 radical (unpaired) electrons. The summed E-state index contributed by atoms with van der Waals surface area (Å²) in [6.07, 6.45) is 3.19. The van der Waals surface area contributed by atoms with Crippen LogP contribution in [0.15, 0.2) is 36.9 Å². The van der Waals surface area contributed by atoms with E-state index < -0.39 is 54.2 Å². The number of Topliss-reactive ketones (excluding diaryl/α,β-unsaturated/α-hetero) is 2. The summed E-state index contributed by atoms with van der Waals surface area (Å²) in [4.78, 5) is 77.9. The van der Waals surface area contributed by atoms with Crippen molar-refractivity contribution >= 4 is 35.3 Å². The van der Waals surface area contributed by atoms with Crippen LogP contribution in [-0.2, 0) is 19.2 Å². The second-order valence-corrected chi connectivity index (χ2v) is 10.1. The zero-order chi connectivity index (χ0) is 30.5. The first-order chi connectivity index (χ1) is 19.5. The van der Waals surface area contributed by atoms with Gasteiger partial charge in [0.25, 0.3) is 5.91 Å². The van der Waals surface area contributed by atoms with Gasteiger partial charge < -0.3 is 30.9 Å². The van der Waals surface area contributed by atoms with Crippen molar-refractivity contribution in [2.75, 3.05) is 26.7 Å². The molecule has 1 saturated heterocycles. The maximum absolute atomic E-state index is 13.1. The number of hydrogen-bond acceptors (Lipinski definition) is 7. The summed E-state index contributed by atoms with van der Waals surface area (Å²) >= 11 is 0. The number of nitrogens with zero attached hydrogens (tertiary/aromatic N) is 1. The van der Waals surface area contributed by atoms with Crippen LogP contribution in [0, 0.1) is 5.92 Å². The Hall–Kier alpha value is -4.22. The summed E-state index contributed by atoms with van der Waals surface area (Å²) < 4.78 is 5.27. The molecule has 12 heteroatoms. The van der Waals surface area contributed by atoms with E-state index in [-0.39, 0.29) is 24.7 Å². The number of carbonyl (C=O) groups is 6. The third-order valence-electron chi connectivity index (χ3n) is 6.73. The lowest BCUT2D eigenvalue weighted by Crippen LogP contribution is -2.55. The molecule has 2 rings (SSSR count). The number of methoxy groups -OCH3 is 1. The van der Waals surface area contributed by atoms with Gasteiger partial charge in [0.1, 0.15) is 11.8 Å². The lowest BCUT2D eigenvalue weighted by molar-refractivity contribution is -0.142. The zero-order valence-corrected chi connectivity index (χ0v) is 24.2. The highest BCUT2D eigenvalue weighted by atomic mass is 16.5. The van der Waals surface area contributed by atoms with Gasteiger partial charge in [-0.15, -0.1) is 6.58 Å². The Bertz CT molecular complexity index is 1140. The van der Waals surface area contributed by atoms with E-state index in [2.05, 4.69) is 27.8 Å². The highest BCUT2D eigenvalue weighted by molar-refractivity contribution is 6.38. The Morgan fingerprint density at radius 3 is 2.44 bits per heavy atom. The summed E-state index contributed by atoms with van der Waals surface area (Å²) in [6.45, 7) is 8.91. The molecule has 12 nitrogen and oxygen atoms in total. The first kappa shape index (κ1) is 33.0. The fraction of sp³-hybridized carbons (Fsp3) is 0.517. The monoisotopic (exact) mass is 571 g/mol. The topological polar surface area (TPSA) is 163 Å². The van der Waals surface area contributed by atoms with E-state index in [1.165, 1.54) is 18.1 Å². The molecule has 3 atom stereocenters. The van der Waals surface area contributed by atoms with Crippen molar-refractivity contribution in [3.63, 3.8) is 0 Å². The average molecular weight is 572 g/mol.